The van der Waals surface area contributed by atoms with E-state index in [1.807, 2.05) is 55.5 Å². The molecule has 0 bridgehead atoms. The first-order valence-corrected chi connectivity index (χ1v) is 12.3. The molecule has 3 aromatic carbocycles. The fourth-order valence-electron chi connectivity index (χ4n) is 4.51. The number of rotatable bonds is 7. The Bertz CT molecular complexity index is 1650. The highest BCUT2D eigenvalue weighted by Crippen LogP contribution is 2.33. The number of hydrogen-bond acceptors (Lipinski definition) is 6. The van der Waals surface area contributed by atoms with Crippen molar-refractivity contribution in [1.29, 1.82) is 0 Å². The number of nitrogen functional groups attached to an aromatic ring is 1. The van der Waals surface area contributed by atoms with Crippen LogP contribution in [-0.4, -0.2) is 25.7 Å². The molecule has 0 saturated heterocycles. The molecule has 0 aliphatic carbocycles. The van der Waals surface area contributed by atoms with Gasteiger partial charge in [0.25, 0.3) is 0 Å². The highest BCUT2D eigenvalue weighted by atomic mass is 19.1. The first kappa shape index (κ1) is 24.9. The monoisotopic (exact) mass is 509 g/mol. The van der Waals surface area contributed by atoms with Crippen LogP contribution in [0.15, 0.2) is 72.9 Å². The number of nitrogens with zero attached hydrogens (tertiary/aromatic N) is 4. The predicted octanol–water partition coefficient (Wildman–Crippen LogP) is 5.47. The fourth-order valence-corrected chi connectivity index (χ4v) is 4.51. The van der Waals surface area contributed by atoms with Gasteiger partial charge in [-0.05, 0) is 59.8 Å². The van der Waals surface area contributed by atoms with Crippen LogP contribution in [0.5, 0.6) is 0 Å². The van der Waals surface area contributed by atoms with Crippen LogP contribution in [-0.2, 0) is 18.3 Å². The molecule has 9 heteroatoms. The van der Waals surface area contributed by atoms with E-state index in [9.17, 15) is 4.79 Å². The van der Waals surface area contributed by atoms with Crippen molar-refractivity contribution in [1.82, 2.24) is 19.7 Å². The first-order valence-electron chi connectivity index (χ1n) is 12.3. The van der Waals surface area contributed by atoms with E-state index in [4.69, 9.17) is 10.7 Å². The summed E-state index contributed by atoms with van der Waals surface area (Å²) in [6, 6.07) is 19.4. The van der Waals surface area contributed by atoms with Crippen LogP contribution in [0, 0.1) is 5.82 Å². The van der Waals surface area contributed by atoms with E-state index in [0.717, 1.165) is 28.4 Å². The highest BCUT2D eigenvalue weighted by molar-refractivity contribution is 5.94. The standard InChI is InChI=1S/C29H28FN7O/c1-4-18-9-12-24(30)23(15-18)26(34-20-10-11-21-19(16-20)13-14-32-27(21)31)29-35-28(36-37(29)3)22-7-5-6-8-25(22)33-17(2)38/h5-16,26,34H,4H2,1-3H3,(H2,31,32)(H,33,38). The summed E-state index contributed by atoms with van der Waals surface area (Å²) in [6.45, 7) is 3.48. The molecule has 0 fully saturated rings. The summed E-state index contributed by atoms with van der Waals surface area (Å²) < 4.78 is 17.0. The van der Waals surface area contributed by atoms with Crippen molar-refractivity contribution in [3.8, 4) is 11.4 Å². The number of hydrogen-bond donors (Lipinski definition) is 3. The van der Waals surface area contributed by atoms with Gasteiger partial charge in [-0.15, -0.1) is 0 Å². The van der Waals surface area contributed by atoms with E-state index < -0.39 is 6.04 Å². The van der Waals surface area contributed by atoms with Gasteiger partial charge >= 0.3 is 0 Å². The summed E-state index contributed by atoms with van der Waals surface area (Å²) in [5, 5.41) is 12.7. The Morgan fingerprint density at radius 3 is 2.71 bits per heavy atom. The molecule has 192 valence electrons. The van der Waals surface area contributed by atoms with E-state index in [1.54, 1.807) is 30.1 Å². The minimum Gasteiger partial charge on any atom is -0.383 e. The molecule has 1 amide bonds. The molecular formula is C29H28FN7O. The van der Waals surface area contributed by atoms with Gasteiger partial charge in [0, 0.05) is 42.4 Å². The predicted molar refractivity (Wildman–Crippen MR) is 148 cm³/mol. The van der Waals surface area contributed by atoms with E-state index in [0.29, 0.717) is 34.3 Å². The first-order chi connectivity index (χ1) is 18.3. The van der Waals surface area contributed by atoms with Gasteiger partial charge in [0.2, 0.25) is 5.91 Å². The van der Waals surface area contributed by atoms with E-state index >= 15 is 4.39 Å². The SMILES string of the molecule is CCc1ccc(F)c(C(Nc2ccc3c(N)nccc3c2)c2nc(-c3ccccc3NC(C)=O)nn2C)c1. The lowest BCUT2D eigenvalue weighted by molar-refractivity contribution is -0.114. The van der Waals surface area contributed by atoms with Crippen LogP contribution in [0.2, 0.25) is 0 Å². The zero-order valence-corrected chi connectivity index (χ0v) is 21.4. The molecule has 0 spiro atoms. The Morgan fingerprint density at radius 2 is 1.92 bits per heavy atom. The van der Waals surface area contributed by atoms with E-state index in [-0.39, 0.29) is 11.7 Å². The molecule has 1 unspecified atom stereocenters. The Labute approximate surface area is 219 Å². The molecule has 4 N–H and O–H groups in total. The van der Waals surface area contributed by atoms with Crippen molar-refractivity contribution in [2.24, 2.45) is 7.05 Å². The minimum atomic E-state index is -0.655. The maximum atomic E-state index is 15.3. The number of nitrogens with two attached hydrogens (primary N) is 1. The Kier molecular flexibility index (Phi) is 6.74. The van der Waals surface area contributed by atoms with Crippen LogP contribution < -0.4 is 16.4 Å². The van der Waals surface area contributed by atoms with Crippen LogP contribution >= 0.6 is 0 Å². The van der Waals surface area contributed by atoms with E-state index in [1.165, 1.54) is 13.0 Å². The quantitative estimate of drug-likeness (QED) is 0.268. The number of aryl methyl sites for hydroxylation is 2. The lowest BCUT2D eigenvalue weighted by Gasteiger charge is -2.21. The number of aromatic nitrogens is 4. The van der Waals surface area contributed by atoms with Crippen molar-refractivity contribution >= 4 is 33.9 Å². The van der Waals surface area contributed by atoms with Crippen molar-refractivity contribution in [2.75, 3.05) is 16.4 Å². The van der Waals surface area contributed by atoms with Crippen LogP contribution in [0.4, 0.5) is 21.6 Å². The largest absolute Gasteiger partial charge is 0.383 e. The van der Waals surface area contributed by atoms with Gasteiger partial charge < -0.3 is 16.4 Å². The summed E-state index contributed by atoms with van der Waals surface area (Å²) in [4.78, 5) is 20.7. The third kappa shape index (κ3) is 4.90. The third-order valence-corrected chi connectivity index (χ3v) is 6.42. The molecule has 0 aliphatic heterocycles. The molecule has 5 rings (SSSR count). The number of amides is 1. The van der Waals surface area contributed by atoms with E-state index in [2.05, 4.69) is 20.7 Å². The number of anilines is 3. The zero-order chi connectivity index (χ0) is 26.8. The normalized spacial score (nSPS) is 11.9. The van der Waals surface area contributed by atoms with Crippen molar-refractivity contribution in [3.05, 3.63) is 95.7 Å². The molecule has 2 aromatic heterocycles. The average Bonchev–Trinajstić information content (AvgIpc) is 3.29. The zero-order valence-electron chi connectivity index (χ0n) is 21.4. The van der Waals surface area contributed by atoms with Gasteiger partial charge in [0.1, 0.15) is 17.7 Å². The third-order valence-electron chi connectivity index (χ3n) is 6.42. The number of para-hydroxylation sites is 1. The van der Waals surface area contributed by atoms with Gasteiger partial charge in [0.05, 0.1) is 5.69 Å². The lowest BCUT2D eigenvalue weighted by Crippen LogP contribution is -2.19. The minimum absolute atomic E-state index is 0.196. The Balaban J connectivity index is 1.63. The molecule has 5 aromatic rings. The second kappa shape index (κ2) is 10.3. The van der Waals surface area contributed by atoms with Gasteiger partial charge in [-0.3, -0.25) is 9.48 Å². The maximum Gasteiger partial charge on any atom is 0.221 e. The number of fused-ring (bicyclic) bond motifs is 1. The topological polar surface area (TPSA) is 111 Å². The number of carbonyl (C=O) groups is 1. The number of nitrogens with one attached hydrogen (secondary N) is 2. The highest BCUT2D eigenvalue weighted by Gasteiger charge is 2.25. The van der Waals surface area contributed by atoms with Crippen molar-refractivity contribution in [2.45, 2.75) is 26.3 Å². The van der Waals surface area contributed by atoms with Crippen LogP contribution in [0.1, 0.15) is 36.8 Å². The molecule has 1 atom stereocenters. The molecule has 0 saturated carbocycles. The van der Waals surface area contributed by atoms with Gasteiger partial charge in [-0.2, -0.15) is 5.10 Å². The molecular weight excluding hydrogens is 481 g/mol. The average molecular weight is 510 g/mol. The summed E-state index contributed by atoms with van der Waals surface area (Å²) in [5.41, 5.74) is 9.52. The van der Waals surface area contributed by atoms with Gasteiger partial charge in [-0.1, -0.05) is 31.2 Å². The molecule has 0 aliphatic rings. The molecule has 2 heterocycles. The number of benzene rings is 3. The van der Waals surface area contributed by atoms with Crippen molar-refractivity contribution in [3.63, 3.8) is 0 Å². The number of pyridine rings is 1. The Hall–Kier alpha value is -4.79. The van der Waals surface area contributed by atoms with Gasteiger partial charge in [0.15, 0.2) is 11.6 Å². The molecule has 38 heavy (non-hydrogen) atoms. The summed E-state index contributed by atoms with van der Waals surface area (Å²) >= 11 is 0. The van der Waals surface area contributed by atoms with Gasteiger partial charge in [-0.25, -0.2) is 14.4 Å². The summed E-state index contributed by atoms with van der Waals surface area (Å²) in [5.74, 6) is 0.834. The number of halogens is 1. The molecule has 0 radical (unpaired) electrons. The summed E-state index contributed by atoms with van der Waals surface area (Å²) in [7, 11) is 1.77. The Morgan fingerprint density at radius 1 is 1.11 bits per heavy atom. The van der Waals surface area contributed by atoms with Crippen molar-refractivity contribution < 1.29 is 9.18 Å². The maximum absolute atomic E-state index is 15.3. The summed E-state index contributed by atoms with van der Waals surface area (Å²) in [6.07, 6.45) is 2.42. The molecule has 8 nitrogen and oxygen atoms in total. The number of carbonyl (C=O) groups excluding carboxylic acids is 1. The van der Waals surface area contributed by atoms with Crippen LogP contribution in [0.3, 0.4) is 0 Å². The van der Waals surface area contributed by atoms with Crippen LogP contribution in [0.25, 0.3) is 22.2 Å². The second-order valence-corrected chi connectivity index (χ2v) is 9.06. The second-order valence-electron chi connectivity index (χ2n) is 9.06. The fraction of sp³-hybridized carbons (Fsp3) is 0.172. The smallest absolute Gasteiger partial charge is 0.221 e. The lowest BCUT2D eigenvalue weighted by atomic mass is 10.0.